The molecule has 2 aliphatic heterocycles. The van der Waals surface area contributed by atoms with Gasteiger partial charge in [-0.3, -0.25) is 14.5 Å². The molecule has 2 fully saturated rings. The summed E-state index contributed by atoms with van der Waals surface area (Å²) in [6.07, 6.45) is 0.639. The SMILES string of the molecule is COc1ccc([C@@H]2[C@H](C(=O)NCc3c(C)noc3C)C[C@@H]3CN(C)CC(=O)N32)cc1. The van der Waals surface area contributed by atoms with Crippen LogP contribution in [0, 0.1) is 19.8 Å². The predicted molar refractivity (Wildman–Crippen MR) is 110 cm³/mol. The van der Waals surface area contributed by atoms with Crippen LogP contribution in [-0.2, 0) is 16.1 Å². The molecule has 2 amide bonds. The van der Waals surface area contributed by atoms with E-state index in [4.69, 9.17) is 9.26 Å². The zero-order chi connectivity index (χ0) is 21.4. The number of aryl methyl sites for hydroxylation is 2. The summed E-state index contributed by atoms with van der Waals surface area (Å²) in [6, 6.07) is 7.40. The molecule has 3 atom stereocenters. The summed E-state index contributed by atoms with van der Waals surface area (Å²) in [5.74, 6) is 1.15. The first kappa shape index (κ1) is 20.4. The number of nitrogens with one attached hydrogen (secondary N) is 1. The standard InChI is InChI=1S/C22H28N4O4/c1-13-19(14(2)30-24-13)10-23-22(28)18-9-16-11-25(3)12-20(27)26(16)21(18)15-5-7-17(29-4)8-6-15/h5-8,16,18,21H,9-12H2,1-4H3,(H,23,28)/t16-,18-,21-/m1/s1. The number of hydrogen-bond donors (Lipinski definition) is 1. The monoisotopic (exact) mass is 412 g/mol. The Labute approximate surface area is 176 Å². The molecule has 30 heavy (non-hydrogen) atoms. The molecule has 4 rings (SSSR count). The van der Waals surface area contributed by atoms with E-state index in [2.05, 4.69) is 10.5 Å². The Kier molecular flexibility index (Phi) is 5.51. The van der Waals surface area contributed by atoms with Gasteiger partial charge in [0, 0.05) is 24.7 Å². The van der Waals surface area contributed by atoms with Gasteiger partial charge in [-0.15, -0.1) is 0 Å². The molecule has 0 spiro atoms. The first-order valence-corrected chi connectivity index (χ1v) is 10.2. The highest BCUT2D eigenvalue weighted by atomic mass is 16.5. The lowest BCUT2D eigenvalue weighted by atomic mass is 9.92. The topological polar surface area (TPSA) is 87.9 Å². The third kappa shape index (κ3) is 3.67. The Morgan fingerprint density at radius 2 is 2.03 bits per heavy atom. The summed E-state index contributed by atoms with van der Waals surface area (Å²) >= 11 is 0. The van der Waals surface area contributed by atoms with Crippen molar-refractivity contribution in [2.75, 3.05) is 27.2 Å². The van der Waals surface area contributed by atoms with Gasteiger partial charge in [0.05, 0.1) is 31.3 Å². The van der Waals surface area contributed by atoms with Crippen LogP contribution in [0.2, 0.25) is 0 Å². The van der Waals surface area contributed by atoms with Gasteiger partial charge in [-0.05, 0) is 45.0 Å². The Hall–Kier alpha value is -2.87. The number of fused-ring (bicyclic) bond motifs is 1. The first-order valence-electron chi connectivity index (χ1n) is 10.2. The molecule has 0 radical (unpaired) electrons. The highest BCUT2D eigenvalue weighted by molar-refractivity contribution is 5.85. The lowest BCUT2D eigenvalue weighted by Gasteiger charge is -2.38. The van der Waals surface area contributed by atoms with E-state index in [1.165, 1.54) is 0 Å². The molecule has 2 aliphatic rings. The summed E-state index contributed by atoms with van der Waals surface area (Å²) in [4.78, 5) is 30.1. The van der Waals surface area contributed by atoms with Gasteiger partial charge in [0.25, 0.3) is 0 Å². The van der Waals surface area contributed by atoms with Crippen molar-refractivity contribution in [3.63, 3.8) is 0 Å². The fourth-order valence-electron chi connectivity index (χ4n) is 4.72. The smallest absolute Gasteiger partial charge is 0.237 e. The number of benzene rings is 1. The van der Waals surface area contributed by atoms with Crippen molar-refractivity contribution in [2.45, 2.75) is 38.9 Å². The van der Waals surface area contributed by atoms with Crippen molar-refractivity contribution in [3.8, 4) is 5.75 Å². The number of ether oxygens (including phenoxy) is 1. The molecule has 1 N–H and O–H groups in total. The fraction of sp³-hybridized carbons (Fsp3) is 0.500. The number of piperazine rings is 1. The van der Waals surface area contributed by atoms with E-state index in [9.17, 15) is 9.59 Å². The van der Waals surface area contributed by atoms with Gasteiger partial charge in [0.2, 0.25) is 11.8 Å². The van der Waals surface area contributed by atoms with Gasteiger partial charge >= 0.3 is 0 Å². The Morgan fingerprint density at radius 1 is 1.30 bits per heavy atom. The molecule has 1 aromatic heterocycles. The van der Waals surface area contributed by atoms with Gasteiger partial charge in [-0.1, -0.05) is 17.3 Å². The molecule has 0 saturated carbocycles. The van der Waals surface area contributed by atoms with Gasteiger partial charge in [0.15, 0.2) is 0 Å². The summed E-state index contributed by atoms with van der Waals surface area (Å²) in [7, 11) is 3.57. The zero-order valence-corrected chi connectivity index (χ0v) is 17.8. The zero-order valence-electron chi connectivity index (χ0n) is 17.8. The number of carbonyl (C=O) groups excluding carboxylic acids is 2. The van der Waals surface area contributed by atoms with Crippen LogP contribution in [0.3, 0.4) is 0 Å². The van der Waals surface area contributed by atoms with E-state index in [0.717, 1.165) is 29.1 Å². The fourth-order valence-corrected chi connectivity index (χ4v) is 4.72. The summed E-state index contributed by atoms with van der Waals surface area (Å²) in [5, 5.41) is 7.00. The minimum atomic E-state index is -0.320. The van der Waals surface area contributed by atoms with E-state index in [-0.39, 0.29) is 29.8 Å². The lowest BCUT2D eigenvalue weighted by molar-refractivity contribution is -0.140. The molecular formula is C22H28N4O4. The van der Waals surface area contributed by atoms with Gasteiger partial charge in [0.1, 0.15) is 11.5 Å². The molecule has 0 unspecified atom stereocenters. The van der Waals surface area contributed by atoms with E-state index >= 15 is 0 Å². The third-order valence-electron chi connectivity index (χ3n) is 6.23. The molecule has 0 aliphatic carbocycles. The summed E-state index contributed by atoms with van der Waals surface area (Å²) in [6.45, 7) is 5.21. The molecule has 160 valence electrons. The minimum Gasteiger partial charge on any atom is -0.497 e. The second-order valence-electron chi connectivity index (χ2n) is 8.23. The maximum atomic E-state index is 13.3. The van der Waals surface area contributed by atoms with Crippen molar-refractivity contribution in [3.05, 3.63) is 46.8 Å². The number of carbonyl (C=O) groups is 2. The van der Waals surface area contributed by atoms with Crippen LogP contribution in [0.5, 0.6) is 5.75 Å². The maximum absolute atomic E-state index is 13.3. The van der Waals surface area contributed by atoms with Crippen LogP contribution in [0.4, 0.5) is 0 Å². The number of likely N-dealkylation sites (N-methyl/N-ethyl adjacent to an activating group) is 1. The van der Waals surface area contributed by atoms with Crippen LogP contribution < -0.4 is 10.1 Å². The average molecular weight is 412 g/mol. The van der Waals surface area contributed by atoms with E-state index in [1.54, 1.807) is 7.11 Å². The van der Waals surface area contributed by atoms with Gasteiger partial charge in [-0.2, -0.15) is 0 Å². The van der Waals surface area contributed by atoms with Crippen molar-refractivity contribution < 1.29 is 18.8 Å². The summed E-state index contributed by atoms with van der Waals surface area (Å²) in [5.41, 5.74) is 2.63. The normalized spacial score (nSPS) is 24.1. The van der Waals surface area contributed by atoms with Crippen molar-refractivity contribution in [1.82, 2.24) is 20.3 Å². The van der Waals surface area contributed by atoms with Crippen LogP contribution in [0.25, 0.3) is 0 Å². The van der Waals surface area contributed by atoms with Gasteiger partial charge < -0.3 is 19.5 Å². The second kappa shape index (κ2) is 8.10. The van der Waals surface area contributed by atoms with E-state index in [1.807, 2.05) is 55.0 Å². The number of aromatic nitrogens is 1. The minimum absolute atomic E-state index is 0.0261. The number of hydrogen-bond acceptors (Lipinski definition) is 6. The molecule has 3 heterocycles. The Balaban J connectivity index is 1.60. The van der Waals surface area contributed by atoms with Crippen LogP contribution in [-0.4, -0.2) is 60.1 Å². The molecule has 8 heteroatoms. The quantitative estimate of drug-likeness (QED) is 0.806. The van der Waals surface area contributed by atoms with Crippen LogP contribution >= 0.6 is 0 Å². The Bertz CT molecular complexity index is 920. The van der Waals surface area contributed by atoms with Gasteiger partial charge in [-0.25, -0.2) is 0 Å². The highest BCUT2D eigenvalue weighted by Gasteiger charge is 2.49. The Morgan fingerprint density at radius 3 is 2.67 bits per heavy atom. The van der Waals surface area contributed by atoms with Crippen LogP contribution in [0.1, 0.15) is 35.0 Å². The molecular weight excluding hydrogens is 384 g/mol. The van der Waals surface area contributed by atoms with E-state index in [0.29, 0.717) is 25.3 Å². The molecule has 1 aromatic carbocycles. The second-order valence-corrected chi connectivity index (χ2v) is 8.23. The van der Waals surface area contributed by atoms with Crippen molar-refractivity contribution >= 4 is 11.8 Å². The molecule has 8 nitrogen and oxygen atoms in total. The lowest BCUT2D eigenvalue weighted by Crippen LogP contribution is -2.53. The number of methoxy groups -OCH3 is 1. The first-order chi connectivity index (χ1) is 14.4. The number of amides is 2. The van der Waals surface area contributed by atoms with Crippen molar-refractivity contribution in [2.24, 2.45) is 5.92 Å². The van der Waals surface area contributed by atoms with E-state index < -0.39 is 0 Å². The summed E-state index contributed by atoms with van der Waals surface area (Å²) < 4.78 is 10.5. The number of rotatable bonds is 5. The molecule has 2 saturated heterocycles. The molecule has 0 bridgehead atoms. The van der Waals surface area contributed by atoms with Crippen LogP contribution in [0.15, 0.2) is 28.8 Å². The maximum Gasteiger partial charge on any atom is 0.237 e. The third-order valence-corrected chi connectivity index (χ3v) is 6.23. The predicted octanol–water partition coefficient (Wildman–Crippen LogP) is 1.82. The number of nitrogens with zero attached hydrogens (tertiary/aromatic N) is 3. The van der Waals surface area contributed by atoms with Crippen molar-refractivity contribution in [1.29, 1.82) is 0 Å². The highest BCUT2D eigenvalue weighted by Crippen LogP contribution is 2.43. The largest absolute Gasteiger partial charge is 0.497 e. The average Bonchev–Trinajstić information content (AvgIpc) is 3.26. The molecule has 2 aromatic rings.